The van der Waals surface area contributed by atoms with Gasteiger partial charge in [-0.1, -0.05) is 38.0 Å². The fourth-order valence-corrected chi connectivity index (χ4v) is 2.61. The lowest BCUT2D eigenvalue weighted by Crippen LogP contribution is -2.31. The normalized spacial score (nSPS) is 17.1. The molecule has 4 heteroatoms. The summed E-state index contributed by atoms with van der Waals surface area (Å²) < 4.78 is 0. The van der Waals surface area contributed by atoms with Gasteiger partial charge < -0.3 is 10.4 Å². The van der Waals surface area contributed by atoms with Crippen LogP contribution < -0.4 is 5.32 Å². The summed E-state index contributed by atoms with van der Waals surface area (Å²) in [5, 5.41) is 11.8. The maximum atomic E-state index is 12.3. The molecule has 19 heavy (non-hydrogen) atoms. The summed E-state index contributed by atoms with van der Waals surface area (Å²) in [5.41, 5.74) is 0.948. The highest BCUT2D eigenvalue weighted by atomic mass is 16.4. The van der Waals surface area contributed by atoms with Crippen molar-refractivity contribution < 1.29 is 14.7 Å². The van der Waals surface area contributed by atoms with Crippen molar-refractivity contribution in [3.05, 3.63) is 29.8 Å². The second-order valence-corrected chi connectivity index (χ2v) is 5.45. The maximum Gasteiger partial charge on any atom is 0.307 e. The quantitative estimate of drug-likeness (QED) is 0.875. The van der Waals surface area contributed by atoms with Gasteiger partial charge in [0.05, 0.1) is 6.42 Å². The molecule has 4 nitrogen and oxygen atoms in total. The topological polar surface area (TPSA) is 66.4 Å². The molecular formula is C15H19NO3. The van der Waals surface area contributed by atoms with E-state index in [2.05, 4.69) is 5.32 Å². The van der Waals surface area contributed by atoms with Crippen molar-refractivity contribution in [3.8, 4) is 0 Å². The van der Waals surface area contributed by atoms with E-state index in [4.69, 9.17) is 5.11 Å². The van der Waals surface area contributed by atoms with Crippen LogP contribution in [0.4, 0.5) is 5.69 Å². The van der Waals surface area contributed by atoms with Crippen LogP contribution in [0.3, 0.4) is 0 Å². The first-order chi connectivity index (χ1) is 9.01. The largest absolute Gasteiger partial charge is 0.481 e. The molecule has 0 heterocycles. The predicted molar refractivity (Wildman–Crippen MR) is 73.0 cm³/mol. The van der Waals surface area contributed by atoms with Gasteiger partial charge in [0.2, 0.25) is 5.91 Å². The van der Waals surface area contributed by atoms with E-state index >= 15 is 0 Å². The molecule has 1 fully saturated rings. The minimum Gasteiger partial charge on any atom is -0.481 e. The Labute approximate surface area is 112 Å². The van der Waals surface area contributed by atoms with Crippen molar-refractivity contribution in [2.24, 2.45) is 5.41 Å². The monoisotopic (exact) mass is 261 g/mol. The Morgan fingerprint density at radius 1 is 1.26 bits per heavy atom. The van der Waals surface area contributed by atoms with Crippen LogP contribution in [0.5, 0.6) is 0 Å². The molecule has 1 aromatic rings. The zero-order chi connectivity index (χ0) is 13.9. The van der Waals surface area contributed by atoms with Crippen LogP contribution in [-0.2, 0) is 16.0 Å². The first-order valence-electron chi connectivity index (χ1n) is 6.62. The van der Waals surface area contributed by atoms with Crippen LogP contribution >= 0.6 is 0 Å². The average molecular weight is 261 g/mol. The lowest BCUT2D eigenvalue weighted by atomic mass is 9.87. The van der Waals surface area contributed by atoms with Crippen molar-refractivity contribution in [2.75, 3.05) is 5.32 Å². The van der Waals surface area contributed by atoms with Gasteiger partial charge in [0, 0.05) is 11.1 Å². The average Bonchev–Trinajstić information content (AvgIpc) is 2.79. The number of carbonyl (C=O) groups excluding carboxylic acids is 1. The van der Waals surface area contributed by atoms with Gasteiger partial charge >= 0.3 is 5.97 Å². The molecule has 0 saturated heterocycles. The van der Waals surface area contributed by atoms with Gasteiger partial charge in [-0.15, -0.1) is 0 Å². The highest BCUT2D eigenvalue weighted by Crippen LogP contribution is 2.38. The maximum absolute atomic E-state index is 12.3. The Morgan fingerprint density at radius 2 is 1.89 bits per heavy atom. The Morgan fingerprint density at radius 3 is 2.53 bits per heavy atom. The number of anilines is 1. The Kier molecular flexibility index (Phi) is 3.88. The zero-order valence-corrected chi connectivity index (χ0v) is 11.1. The lowest BCUT2D eigenvalue weighted by Gasteiger charge is -2.23. The molecule has 2 N–H and O–H groups in total. The number of amides is 1. The van der Waals surface area contributed by atoms with Gasteiger partial charge in [-0.05, 0) is 24.5 Å². The number of hydrogen-bond acceptors (Lipinski definition) is 2. The number of carboxylic acids is 1. The van der Waals surface area contributed by atoms with Gasteiger partial charge in [0.15, 0.2) is 0 Å². The molecule has 1 aliphatic rings. The SMILES string of the molecule is CC1(C(=O)Nc2ccccc2CC(=O)O)CCCC1. The third kappa shape index (κ3) is 3.13. The first kappa shape index (κ1) is 13.6. The molecule has 1 aromatic carbocycles. The predicted octanol–water partition coefficient (Wildman–Crippen LogP) is 2.83. The van der Waals surface area contributed by atoms with E-state index in [0.29, 0.717) is 11.3 Å². The number of rotatable bonds is 4. The van der Waals surface area contributed by atoms with Crippen molar-refractivity contribution in [3.63, 3.8) is 0 Å². The van der Waals surface area contributed by atoms with Crippen LogP contribution in [0.1, 0.15) is 38.2 Å². The van der Waals surface area contributed by atoms with Crippen LogP contribution in [0, 0.1) is 5.41 Å². The number of hydrogen-bond donors (Lipinski definition) is 2. The summed E-state index contributed by atoms with van der Waals surface area (Å²) in [6, 6.07) is 7.08. The summed E-state index contributed by atoms with van der Waals surface area (Å²) in [6.07, 6.45) is 3.90. The van der Waals surface area contributed by atoms with E-state index in [1.165, 1.54) is 0 Å². The first-order valence-corrected chi connectivity index (χ1v) is 6.62. The Balaban J connectivity index is 2.14. The number of carbonyl (C=O) groups is 2. The third-order valence-electron chi connectivity index (χ3n) is 3.86. The molecule has 0 aliphatic heterocycles. The van der Waals surface area contributed by atoms with E-state index < -0.39 is 5.97 Å². The van der Waals surface area contributed by atoms with E-state index in [0.717, 1.165) is 25.7 Å². The molecule has 0 atom stereocenters. The summed E-state index contributed by atoms with van der Waals surface area (Å²) in [5.74, 6) is -0.892. The number of nitrogens with one attached hydrogen (secondary N) is 1. The third-order valence-corrected chi connectivity index (χ3v) is 3.86. The van der Waals surface area contributed by atoms with Gasteiger partial charge in [-0.25, -0.2) is 0 Å². The summed E-state index contributed by atoms with van der Waals surface area (Å²) >= 11 is 0. The van der Waals surface area contributed by atoms with Crippen molar-refractivity contribution in [1.82, 2.24) is 0 Å². The number of aliphatic carboxylic acids is 1. The molecule has 1 aliphatic carbocycles. The van der Waals surface area contributed by atoms with Crippen LogP contribution in [0.15, 0.2) is 24.3 Å². The van der Waals surface area contributed by atoms with Crippen molar-refractivity contribution in [2.45, 2.75) is 39.0 Å². The van der Waals surface area contributed by atoms with Crippen molar-refractivity contribution in [1.29, 1.82) is 0 Å². The zero-order valence-electron chi connectivity index (χ0n) is 11.1. The van der Waals surface area contributed by atoms with Crippen LogP contribution in [-0.4, -0.2) is 17.0 Å². The van der Waals surface area contributed by atoms with E-state index in [1.54, 1.807) is 24.3 Å². The second-order valence-electron chi connectivity index (χ2n) is 5.45. The molecule has 0 spiro atoms. The van der Waals surface area contributed by atoms with Gasteiger partial charge in [0.1, 0.15) is 0 Å². The molecule has 1 amide bonds. The van der Waals surface area contributed by atoms with E-state index in [9.17, 15) is 9.59 Å². The molecule has 2 rings (SSSR count). The molecule has 0 aromatic heterocycles. The van der Waals surface area contributed by atoms with Crippen molar-refractivity contribution >= 4 is 17.6 Å². The van der Waals surface area contributed by atoms with Gasteiger partial charge in [-0.2, -0.15) is 0 Å². The van der Waals surface area contributed by atoms with E-state index in [-0.39, 0.29) is 17.7 Å². The molecule has 1 saturated carbocycles. The summed E-state index contributed by atoms with van der Waals surface area (Å²) in [7, 11) is 0. The fraction of sp³-hybridized carbons (Fsp3) is 0.467. The Hall–Kier alpha value is -1.84. The Bertz CT molecular complexity index is 490. The minimum absolute atomic E-state index is 0.00263. The van der Waals surface area contributed by atoms with Gasteiger partial charge in [0.25, 0.3) is 0 Å². The molecule has 0 radical (unpaired) electrons. The molecule has 102 valence electrons. The molecule has 0 bridgehead atoms. The lowest BCUT2D eigenvalue weighted by molar-refractivity contribution is -0.136. The second kappa shape index (κ2) is 5.43. The van der Waals surface area contributed by atoms with Gasteiger partial charge in [-0.3, -0.25) is 9.59 Å². The van der Waals surface area contributed by atoms with E-state index in [1.807, 2.05) is 6.92 Å². The number of benzene rings is 1. The minimum atomic E-state index is -0.895. The highest BCUT2D eigenvalue weighted by Gasteiger charge is 2.36. The highest BCUT2D eigenvalue weighted by molar-refractivity contribution is 5.96. The molecular weight excluding hydrogens is 242 g/mol. The standard InChI is InChI=1S/C15H19NO3/c1-15(8-4-5-9-15)14(19)16-12-7-3-2-6-11(12)10-13(17)18/h2-3,6-7H,4-5,8-10H2,1H3,(H,16,19)(H,17,18). The summed E-state index contributed by atoms with van der Waals surface area (Å²) in [4.78, 5) is 23.1. The smallest absolute Gasteiger partial charge is 0.307 e. The van der Waals surface area contributed by atoms with Crippen LogP contribution in [0.2, 0.25) is 0 Å². The summed E-state index contributed by atoms with van der Waals surface area (Å²) in [6.45, 7) is 1.98. The fourth-order valence-electron chi connectivity index (χ4n) is 2.61. The number of para-hydroxylation sites is 1. The number of carboxylic acid groups (broad SMARTS) is 1. The van der Waals surface area contributed by atoms with Crippen LogP contribution in [0.25, 0.3) is 0 Å². The molecule has 0 unspecified atom stereocenters.